The van der Waals surface area contributed by atoms with Gasteiger partial charge in [-0.2, -0.15) is 9.40 Å². The van der Waals surface area contributed by atoms with Gasteiger partial charge in [0.15, 0.2) is 5.03 Å². The number of fused-ring (bicyclic) bond motifs is 2. The molecule has 25 heavy (non-hydrogen) atoms. The first-order valence-electron chi connectivity index (χ1n) is 9.29. The molecule has 4 heterocycles. The summed E-state index contributed by atoms with van der Waals surface area (Å²) in [6.07, 6.45) is 3.93. The van der Waals surface area contributed by atoms with Crippen molar-refractivity contribution < 1.29 is 13.2 Å². The fourth-order valence-electron chi connectivity index (χ4n) is 4.87. The van der Waals surface area contributed by atoms with Crippen molar-refractivity contribution in [1.29, 1.82) is 0 Å². The third-order valence-corrected chi connectivity index (χ3v) is 7.95. The zero-order valence-corrected chi connectivity index (χ0v) is 15.9. The van der Waals surface area contributed by atoms with Gasteiger partial charge in [-0.3, -0.25) is 9.58 Å². The number of hydrogen-bond acceptors (Lipinski definition) is 5. The molecule has 3 saturated heterocycles. The first-order chi connectivity index (χ1) is 11.9. The van der Waals surface area contributed by atoms with E-state index in [-0.39, 0.29) is 12.1 Å². The Kier molecular flexibility index (Phi) is 4.64. The van der Waals surface area contributed by atoms with Gasteiger partial charge >= 0.3 is 0 Å². The number of piperidine rings is 1. The summed E-state index contributed by atoms with van der Waals surface area (Å²) in [6.45, 7) is 6.56. The van der Waals surface area contributed by atoms with Crippen LogP contribution in [0.2, 0.25) is 0 Å². The summed E-state index contributed by atoms with van der Waals surface area (Å²) in [6, 6.07) is 1.98. The molecule has 3 fully saturated rings. The summed E-state index contributed by atoms with van der Waals surface area (Å²) in [5, 5.41) is 4.55. The molecule has 140 valence electrons. The van der Waals surface area contributed by atoms with Crippen LogP contribution in [0.15, 0.2) is 11.1 Å². The predicted octanol–water partition coefficient (Wildman–Crippen LogP) is 0.992. The molecule has 0 radical (unpaired) electrons. The van der Waals surface area contributed by atoms with Crippen molar-refractivity contribution in [3.63, 3.8) is 0 Å². The predicted molar refractivity (Wildman–Crippen MR) is 93.8 cm³/mol. The second-order valence-electron chi connectivity index (χ2n) is 7.72. The van der Waals surface area contributed by atoms with E-state index >= 15 is 0 Å². The Hall–Kier alpha value is -0.960. The molecule has 1 aromatic heterocycles. The fraction of sp³-hybridized carbons (Fsp3) is 0.824. The maximum Gasteiger partial charge on any atom is 0.260 e. The molecule has 1 aromatic rings. The lowest BCUT2D eigenvalue weighted by Gasteiger charge is -2.40. The Morgan fingerprint density at radius 2 is 1.84 bits per heavy atom. The highest BCUT2D eigenvalue weighted by Gasteiger charge is 2.48. The Balaban J connectivity index is 1.49. The average molecular weight is 369 g/mol. The molecule has 2 atom stereocenters. The van der Waals surface area contributed by atoms with E-state index in [1.807, 2.05) is 6.92 Å². The van der Waals surface area contributed by atoms with Crippen molar-refractivity contribution in [3.05, 3.63) is 11.8 Å². The van der Waals surface area contributed by atoms with Gasteiger partial charge in [0.05, 0.1) is 18.9 Å². The molecule has 0 aliphatic carbocycles. The van der Waals surface area contributed by atoms with E-state index in [2.05, 4.69) is 10.00 Å². The molecule has 0 saturated carbocycles. The molecule has 8 heteroatoms. The van der Waals surface area contributed by atoms with Crippen LogP contribution in [0.1, 0.15) is 31.4 Å². The highest BCUT2D eigenvalue weighted by molar-refractivity contribution is 7.89. The SMILES string of the molecule is Cc1cc(S(=O)(=O)N2C3CCC2CC(CN2CCOCC2)C3)n(C)n1. The van der Waals surface area contributed by atoms with E-state index in [0.29, 0.717) is 10.9 Å². The van der Waals surface area contributed by atoms with Crippen LogP contribution in [0.3, 0.4) is 0 Å². The van der Waals surface area contributed by atoms with E-state index in [1.54, 1.807) is 17.4 Å². The van der Waals surface area contributed by atoms with Gasteiger partial charge in [0.25, 0.3) is 10.0 Å². The molecule has 2 bridgehead atoms. The number of nitrogens with zero attached hydrogens (tertiary/aromatic N) is 4. The van der Waals surface area contributed by atoms with Crippen molar-refractivity contribution in [1.82, 2.24) is 19.0 Å². The van der Waals surface area contributed by atoms with Gasteiger partial charge in [-0.25, -0.2) is 8.42 Å². The molecule has 7 nitrogen and oxygen atoms in total. The van der Waals surface area contributed by atoms with Gasteiger partial charge in [-0.1, -0.05) is 0 Å². The molecule has 2 unspecified atom stereocenters. The topological polar surface area (TPSA) is 67.7 Å². The van der Waals surface area contributed by atoms with Gasteiger partial charge < -0.3 is 4.74 Å². The third-order valence-electron chi connectivity index (χ3n) is 5.88. The maximum absolute atomic E-state index is 13.2. The second kappa shape index (κ2) is 6.64. The Labute approximate surface area is 150 Å². The van der Waals surface area contributed by atoms with Crippen LogP contribution >= 0.6 is 0 Å². The number of morpholine rings is 1. The standard InChI is InChI=1S/C17H28N4O3S/c1-13-9-17(19(2)18-13)25(22,23)21-15-3-4-16(21)11-14(10-15)12-20-5-7-24-8-6-20/h9,14-16H,3-8,10-12H2,1-2H3. The normalized spacial score (nSPS) is 31.5. The van der Waals surface area contributed by atoms with E-state index in [1.165, 1.54) is 4.68 Å². The van der Waals surface area contributed by atoms with Crippen LogP contribution in [-0.2, 0) is 21.8 Å². The minimum absolute atomic E-state index is 0.144. The van der Waals surface area contributed by atoms with Crippen LogP contribution < -0.4 is 0 Å². The first-order valence-corrected chi connectivity index (χ1v) is 10.7. The number of aryl methyl sites for hydroxylation is 2. The van der Waals surface area contributed by atoms with E-state index in [0.717, 1.165) is 64.2 Å². The first kappa shape index (κ1) is 17.5. The van der Waals surface area contributed by atoms with Gasteiger partial charge in [0.1, 0.15) is 0 Å². The van der Waals surface area contributed by atoms with Crippen LogP contribution in [0.4, 0.5) is 0 Å². The summed E-state index contributed by atoms with van der Waals surface area (Å²) in [5.74, 6) is 0.593. The third kappa shape index (κ3) is 3.25. The molecule has 0 N–H and O–H groups in total. The Morgan fingerprint density at radius 1 is 1.20 bits per heavy atom. The molecule has 0 aromatic carbocycles. The number of sulfonamides is 1. The number of hydrogen-bond donors (Lipinski definition) is 0. The summed E-state index contributed by atoms with van der Waals surface area (Å²) in [7, 11) is -1.75. The van der Waals surface area contributed by atoms with Gasteiger partial charge in [0.2, 0.25) is 0 Å². The summed E-state index contributed by atoms with van der Waals surface area (Å²) >= 11 is 0. The molecule has 3 aliphatic rings. The van der Waals surface area contributed by atoms with Crippen molar-refractivity contribution in [2.45, 2.75) is 49.7 Å². The maximum atomic E-state index is 13.2. The minimum Gasteiger partial charge on any atom is -0.379 e. The van der Waals surface area contributed by atoms with E-state index < -0.39 is 10.0 Å². The van der Waals surface area contributed by atoms with E-state index in [4.69, 9.17) is 4.74 Å². The summed E-state index contributed by atoms with van der Waals surface area (Å²) < 4.78 is 35.2. The number of ether oxygens (including phenoxy) is 1. The number of aromatic nitrogens is 2. The zero-order valence-electron chi connectivity index (χ0n) is 15.1. The molecule has 4 rings (SSSR count). The monoisotopic (exact) mass is 368 g/mol. The van der Waals surface area contributed by atoms with Crippen LogP contribution in [0, 0.1) is 12.8 Å². The lowest BCUT2D eigenvalue weighted by atomic mass is 9.92. The number of rotatable bonds is 4. The minimum atomic E-state index is -3.46. The average Bonchev–Trinajstić information content (AvgIpc) is 3.06. The molecular formula is C17H28N4O3S. The lowest BCUT2D eigenvalue weighted by Crippen LogP contribution is -2.49. The van der Waals surface area contributed by atoms with Crippen LogP contribution in [0.25, 0.3) is 0 Å². The molecular weight excluding hydrogens is 340 g/mol. The smallest absolute Gasteiger partial charge is 0.260 e. The highest BCUT2D eigenvalue weighted by atomic mass is 32.2. The molecule has 0 amide bonds. The Morgan fingerprint density at radius 3 is 2.40 bits per heavy atom. The van der Waals surface area contributed by atoms with Crippen molar-refractivity contribution in [3.8, 4) is 0 Å². The fourth-order valence-corrected chi connectivity index (χ4v) is 6.95. The summed E-state index contributed by atoms with van der Waals surface area (Å²) in [5.41, 5.74) is 0.746. The van der Waals surface area contributed by atoms with Gasteiger partial charge in [0, 0.05) is 38.8 Å². The second-order valence-corrected chi connectivity index (χ2v) is 9.51. The van der Waals surface area contributed by atoms with Crippen molar-refractivity contribution >= 4 is 10.0 Å². The van der Waals surface area contributed by atoms with Crippen molar-refractivity contribution in [2.24, 2.45) is 13.0 Å². The van der Waals surface area contributed by atoms with E-state index in [9.17, 15) is 8.42 Å². The Bertz CT molecular complexity index is 712. The summed E-state index contributed by atoms with van der Waals surface area (Å²) in [4.78, 5) is 2.47. The van der Waals surface area contributed by atoms with Crippen molar-refractivity contribution in [2.75, 3.05) is 32.8 Å². The lowest BCUT2D eigenvalue weighted by molar-refractivity contribution is 0.0235. The van der Waals surface area contributed by atoms with Gasteiger partial charge in [-0.15, -0.1) is 0 Å². The largest absolute Gasteiger partial charge is 0.379 e. The van der Waals surface area contributed by atoms with Gasteiger partial charge in [-0.05, 0) is 44.6 Å². The molecule has 0 spiro atoms. The quantitative estimate of drug-likeness (QED) is 0.793. The van der Waals surface area contributed by atoms with Crippen LogP contribution in [0.5, 0.6) is 0 Å². The van der Waals surface area contributed by atoms with Crippen LogP contribution in [-0.4, -0.2) is 72.3 Å². The molecule has 3 aliphatic heterocycles. The zero-order chi connectivity index (χ0) is 17.6. The highest BCUT2D eigenvalue weighted by Crippen LogP contribution is 2.42.